The summed E-state index contributed by atoms with van der Waals surface area (Å²) in [6, 6.07) is 0. The number of hydrogen-bond acceptors (Lipinski definition) is 3. The molecule has 1 unspecified atom stereocenters. The third-order valence-electron chi connectivity index (χ3n) is 2.54. The van der Waals surface area contributed by atoms with Gasteiger partial charge in [-0.1, -0.05) is 45.7 Å². The van der Waals surface area contributed by atoms with Crippen LogP contribution in [0.15, 0.2) is 0 Å². The van der Waals surface area contributed by atoms with Gasteiger partial charge in [0.25, 0.3) is 0 Å². The Morgan fingerprint density at radius 2 is 1.89 bits per heavy atom. The summed E-state index contributed by atoms with van der Waals surface area (Å²) in [7, 11) is 0. The van der Waals surface area contributed by atoms with Gasteiger partial charge in [0, 0.05) is 23.9 Å². The summed E-state index contributed by atoms with van der Waals surface area (Å²) in [5.41, 5.74) is 0. The van der Waals surface area contributed by atoms with Crippen LogP contribution in [-0.4, -0.2) is 41.9 Å². The van der Waals surface area contributed by atoms with Gasteiger partial charge >= 0.3 is 0 Å². The van der Waals surface area contributed by atoms with Crippen LogP contribution in [0.2, 0.25) is 0 Å². The summed E-state index contributed by atoms with van der Waals surface area (Å²) in [5, 5.41) is 10.2. The number of halogens is 2. The van der Waals surface area contributed by atoms with Crippen LogP contribution < -0.4 is 0 Å². The first kappa shape index (κ1) is 18.8. The van der Waals surface area contributed by atoms with Gasteiger partial charge in [-0.2, -0.15) is 0 Å². The zero-order valence-electron chi connectivity index (χ0n) is 11.4. The van der Waals surface area contributed by atoms with Crippen LogP contribution in [-0.2, 0) is 9.47 Å². The molecule has 0 amide bonds. The average molecular weight is 390 g/mol. The summed E-state index contributed by atoms with van der Waals surface area (Å²) in [4.78, 5) is 0. The molecule has 0 aromatic carbocycles. The molecule has 0 aliphatic carbocycles. The minimum atomic E-state index is 0.0697. The van der Waals surface area contributed by atoms with Gasteiger partial charge in [-0.05, 0) is 31.1 Å². The normalized spacial score (nSPS) is 22.8. The molecule has 1 aliphatic rings. The summed E-state index contributed by atoms with van der Waals surface area (Å²) in [5.74, 6) is 0.987. The molecule has 0 aromatic heterocycles. The molecule has 0 saturated carbocycles. The number of alkyl halides is 2. The molecule has 0 bridgehead atoms. The van der Waals surface area contributed by atoms with Crippen molar-refractivity contribution in [1.82, 2.24) is 0 Å². The molecule has 1 aliphatic heterocycles. The van der Waals surface area contributed by atoms with Crippen molar-refractivity contribution in [2.75, 3.05) is 30.5 Å². The van der Waals surface area contributed by atoms with Crippen LogP contribution in [0.5, 0.6) is 0 Å². The first-order chi connectivity index (χ1) is 8.63. The standard InChI is InChI=1S/C9H17BrO2.C4H9BrO/c1-8(6-10)7-12-9-4-2-3-5-11-9;1-4(2-5)3-6/h8-9H,2-7H2,1H3;4,6H,2-3H2,1H3/t8-,9?;4-/m11/s1. The lowest BCUT2D eigenvalue weighted by molar-refractivity contribution is -0.167. The molecule has 3 nitrogen and oxygen atoms in total. The van der Waals surface area contributed by atoms with E-state index in [2.05, 4.69) is 38.8 Å². The molecule has 18 heavy (non-hydrogen) atoms. The Labute approximate surface area is 128 Å². The molecule has 1 saturated heterocycles. The van der Waals surface area contributed by atoms with Crippen molar-refractivity contribution >= 4 is 31.9 Å². The van der Waals surface area contributed by atoms with Gasteiger partial charge in [-0.25, -0.2) is 0 Å². The third-order valence-corrected chi connectivity index (χ3v) is 4.75. The molecular weight excluding hydrogens is 364 g/mol. The van der Waals surface area contributed by atoms with E-state index in [9.17, 15) is 0 Å². The largest absolute Gasteiger partial charge is 0.396 e. The quantitative estimate of drug-likeness (QED) is 0.705. The number of rotatable bonds is 6. The van der Waals surface area contributed by atoms with E-state index in [1.54, 1.807) is 0 Å². The van der Waals surface area contributed by atoms with Gasteiger partial charge in [-0.3, -0.25) is 0 Å². The summed E-state index contributed by atoms with van der Waals surface area (Å²) < 4.78 is 11.0. The minimum absolute atomic E-state index is 0.0697. The minimum Gasteiger partial charge on any atom is -0.396 e. The van der Waals surface area contributed by atoms with Crippen molar-refractivity contribution in [2.24, 2.45) is 11.8 Å². The fourth-order valence-corrected chi connectivity index (χ4v) is 1.60. The van der Waals surface area contributed by atoms with E-state index in [0.717, 1.165) is 30.3 Å². The first-order valence-corrected chi connectivity index (χ1v) is 8.84. The van der Waals surface area contributed by atoms with E-state index in [1.165, 1.54) is 12.8 Å². The molecule has 1 fully saturated rings. The molecule has 0 aromatic rings. The van der Waals surface area contributed by atoms with Crippen LogP contribution in [0.1, 0.15) is 33.1 Å². The van der Waals surface area contributed by atoms with Crippen molar-refractivity contribution in [3.63, 3.8) is 0 Å². The molecule has 1 rings (SSSR count). The molecule has 1 N–H and O–H groups in total. The Balaban J connectivity index is 0.000000411. The maximum absolute atomic E-state index is 8.30. The fourth-order valence-electron chi connectivity index (χ4n) is 1.21. The highest BCUT2D eigenvalue weighted by molar-refractivity contribution is 9.09. The van der Waals surface area contributed by atoms with Crippen molar-refractivity contribution in [3.8, 4) is 0 Å². The van der Waals surface area contributed by atoms with Crippen LogP contribution in [0.4, 0.5) is 0 Å². The van der Waals surface area contributed by atoms with Crippen LogP contribution in [0.3, 0.4) is 0 Å². The highest BCUT2D eigenvalue weighted by Crippen LogP contribution is 2.14. The molecular formula is C13H26Br2O3. The van der Waals surface area contributed by atoms with E-state index in [-0.39, 0.29) is 12.9 Å². The zero-order chi connectivity index (χ0) is 13.8. The lowest BCUT2D eigenvalue weighted by Crippen LogP contribution is -2.24. The van der Waals surface area contributed by atoms with Crippen LogP contribution in [0.25, 0.3) is 0 Å². The fraction of sp³-hybridized carbons (Fsp3) is 1.00. The van der Waals surface area contributed by atoms with E-state index in [0.29, 0.717) is 11.8 Å². The van der Waals surface area contributed by atoms with Crippen molar-refractivity contribution in [1.29, 1.82) is 0 Å². The lowest BCUT2D eigenvalue weighted by Gasteiger charge is -2.23. The third kappa shape index (κ3) is 10.7. The lowest BCUT2D eigenvalue weighted by atomic mass is 10.2. The smallest absolute Gasteiger partial charge is 0.157 e. The number of hydrogen-bond donors (Lipinski definition) is 1. The Bertz CT molecular complexity index is 172. The van der Waals surface area contributed by atoms with Gasteiger partial charge < -0.3 is 14.6 Å². The molecule has 5 heteroatoms. The Morgan fingerprint density at radius 3 is 2.28 bits per heavy atom. The van der Waals surface area contributed by atoms with E-state index >= 15 is 0 Å². The SMILES string of the molecule is C[C@@H](CO)CBr.C[C@H](CBr)COC1CCCCO1. The topological polar surface area (TPSA) is 38.7 Å². The molecule has 110 valence electrons. The van der Waals surface area contributed by atoms with Gasteiger partial charge in [0.2, 0.25) is 0 Å². The van der Waals surface area contributed by atoms with Gasteiger partial charge in [-0.15, -0.1) is 0 Å². The van der Waals surface area contributed by atoms with Gasteiger partial charge in [0.15, 0.2) is 6.29 Å². The van der Waals surface area contributed by atoms with Crippen LogP contribution >= 0.6 is 31.9 Å². The number of ether oxygens (including phenoxy) is 2. The Kier molecular flexibility index (Phi) is 13.5. The van der Waals surface area contributed by atoms with Crippen molar-refractivity contribution in [2.45, 2.75) is 39.4 Å². The predicted molar refractivity (Wildman–Crippen MR) is 82.5 cm³/mol. The van der Waals surface area contributed by atoms with E-state index < -0.39 is 0 Å². The highest BCUT2D eigenvalue weighted by Gasteiger charge is 2.14. The monoisotopic (exact) mass is 388 g/mol. The van der Waals surface area contributed by atoms with Crippen molar-refractivity contribution in [3.05, 3.63) is 0 Å². The molecule has 3 atom stereocenters. The highest BCUT2D eigenvalue weighted by atomic mass is 79.9. The Hall–Kier alpha value is 0.840. The number of aliphatic hydroxyl groups excluding tert-OH is 1. The van der Waals surface area contributed by atoms with E-state index in [1.807, 2.05) is 6.92 Å². The maximum Gasteiger partial charge on any atom is 0.157 e. The maximum atomic E-state index is 8.30. The van der Waals surface area contributed by atoms with E-state index in [4.69, 9.17) is 14.6 Å². The van der Waals surface area contributed by atoms with Crippen LogP contribution in [0, 0.1) is 11.8 Å². The number of aliphatic hydroxyl groups is 1. The second-order valence-electron chi connectivity index (χ2n) is 4.83. The summed E-state index contributed by atoms with van der Waals surface area (Å²) >= 11 is 6.63. The average Bonchev–Trinajstić information content (AvgIpc) is 2.45. The summed E-state index contributed by atoms with van der Waals surface area (Å²) in [6.45, 7) is 6.10. The Morgan fingerprint density at radius 1 is 1.22 bits per heavy atom. The molecule has 0 radical (unpaired) electrons. The molecule has 0 spiro atoms. The van der Waals surface area contributed by atoms with Gasteiger partial charge in [0.05, 0.1) is 6.61 Å². The predicted octanol–water partition coefficient (Wildman–Crippen LogP) is 3.57. The van der Waals surface area contributed by atoms with Crippen molar-refractivity contribution < 1.29 is 14.6 Å². The molecule has 1 heterocycles. The first-order valence-electron chi connectivity index (χ1n) is 6.60. The second kappa shape index (κ2) is 12.9. The summed E-state index contributed by atoms with van der Waals surface area (Å²) in [6.07, 6.45) is 3.57. The zero-order valence-corrected chi connectivity index (χ0v) is 14.6. The van der Waals surface area contributed by atoms with Gasteiger partial charge in [0.1, 0.15) is 0 Å². The second-order valence-corrected chi connectivity index (χ2v) is 6.13.